The van der Waals surface area contributed by atoms with Crippen LogP contribution in [-0.2, 0) is 12.0 Å². The molecule has 3 rings (SSSR count). The van der Waals surface area contributed by atoms with Crippen LogP contribution in [0, 0.1) is 0 Å². The SMILES string of the molecule is CN1CCN(C(=O)c2cn(Cc3ccc(C(C)(C)C)cc3)nn2)CC1. The smallest absolute Gasteiger partial charge is 0.276 e. The molecule has 1 aromatic heterocycles. The summed E-state index contributed by atoms with van der Waals surface area (Å²) in [5.41, 5.74) is 3.03. The zero-order chi connectivity index (χ0) is 18.0. The Hall–Kier alpha value is -2.21. The maximum Gasteiger partial charge on any atom is 0.276 e. The molecule has 1 saturated heterocycles. The standard InChI is InChI=1S/C19H27N5O/c1-19(2,3)16-7-5-15(6-8-16)13-24-14-17(20-21-24)18(25)23-11-9-22(4)10-12-23/h5-8,14H,9-13H2,1-4H3. The van der Waals surface area contributed by atoms with E-state index in [1.165, 1.54) is 5.56 Å². The number of amides is 1. The Labute approximate surface area is 149 Å². The highest BCUT2D eigenvalue weighted by Crippen LogP contribution is 2.22. The molecule has 0 saturated carbocycles. The lowest BCUT2D eigenvalue weighted by Crippen LogP contribution is -2.47. The lowest BCUT2D eigenvalue weighted by atomic mass is 9.87. The minimum absolute atomic E-state index is 0.0255. The average molecular weight is 341 g/mol. The van der Waals surface area contributed by atoms with Crippen molar-refractivity contribution in [3.05, 3.63) is 47.3 Å². The second-order valence-corrected chi connectivity index (χ2v) is 7.84. The first-order valence-electron chi connectivity index (χ1n) is 8.80. The highest BCUT2D eigenvalue weighted by Gasteiger charge is 2.22. The molecular weight excluding hydrogens is 314 g/mol. The number of carbonyl (C=O) groups is 1. The predicted molar refractivity (Wildman–Crippen MR) is 97.7 cm³/mol. The summed E-state index contributed by atoms with van der Waals surface area (Å²) in [7, 11) is 2.07. The Morgan fingerprint density at radius 1 is 1.08 bits per heavy atom. The molecule has 6 heteroatoms. The van der Waals surface area contributed by atoms with E-state index in [1.807, 2.05) is 4.90 Å². The van der Waals surface area contributed by atoms with Crippen LogP contribution in [0.4, 0.5) is 0 Å². The highest BCUT2D eigenvalue weighted by molar-refractivity contribution is 5.92. The van der Waals surface area contributed by atoms with E-state index in [2.05, 4.69) is 67.3 Å². The zero-order valence-corrected chi connectivity index (χ0v) is 15.6. The Morgan fingerprint density at radius 3 is 2.32 bits per heavy atom. The van der Waals surface area contributed by atoms with Crippen molar-refractivity contribution in [2.45, 2.75) is 32.7 Å². The van der Waals surface area contributed by atoms with E-state index in [9.17, 15) is 4.79 Å². The van der Waals surface area contributed by atoms with Crippen molar-refractivity contribution in [2.75, 3.05) is 33.2 Å². The Balaban J connectivity index is 1.64. The van der Waals surface area contributed by atoms with Crippen molar-refractivity contribution < 1.29 is 4.79 Å². The molecule has 2 aromatic rings. The normalized spacial score (nSPS) is 16.2. The van der Waals surface area contributed by atoms with Gasteiger partial charge in [-0.25, -0.2) is 4.68 Å². The zero-order valence-electron chi connectivity index (χ0n) is 15.6. The first-order valence-corrected chi connectivity index (χ1v) is 8.80. The van der Waals surface area contributed by atoms with E-state index in [-0.39, 0.29) is 11.3 Å². The van der Waals surface area contributed by atoms with Gasteiger partial charge in [0, 0.05) is 26.2 Å². The van der Waals surface area contributed by atoms with Gasteiger partial charge in [0.25, 0.3) is 5.91 Å². The van der Waals surface area contributed by atoms with E-state index >= 15 is 0 Å². The Bertz CT molecular complexity index is 721. The molecule has 0 unspecified atom stereocenters. The number of likely N-dealkylation sites (N-methyl/N-ethyl adjacent to an activating group) is 1. The van der Waals surface area contributed by atoms with Crippen molar-refractivity contribution in [1.82, 2.24) is 24.8 Å². The third-order valence-corrected chi connectivity index (χ3v) is 4.71. The summed E-state index contributed by atoms with van der Waals surface area (Å²) in [4.78, 5) is 16.6. The fourth-order valence-electron chi connectivity index (χ4n) is 2.94. The van der Waals surface area contributed by atoms with Crippen molar-refractivity contribution in [3.8, 4) is 0 Å². The lowest BCUT2D eigenvalue weighted by molar-refractivity contribution is 0.0658. The number of carbonyl (C=O) groups excluding carboxylic acids is 1. The van der Waals surface area contributed by atoms with Crippen LogP contribution in [0.2, 0.25) is 0 Å². The van der Waals surface area contributed by atoms with Gasteiger partial charge in [-0.2, -0.15) is 0 Å². The summed E-state index contributed by atoms with van der Waals surface area (Å²) in [6, 6.07) is 8.54. The molecule has 134 valence electrons. The second kappa shape index (κ2) is 6.96. The van der Waals surface area contributed by atoms with Gasteiger partial charge in [-0.3, -0.25) is 4.79 Å². The summed E-state index contributed by atoms with van der Waals surface area (Å²) in [6.45, 7) is 10.5. The molecule has 0 atom stereocenters. The van der Waals surface area contributed by atoms with E-state index in [4.69, 9.17) is 0 Å². The first-order chi connectivity index (χ1) is 11.8. The minimum Gasteiger partial charge on any atom is -0.335 e. The first kappa shape index (κ1) is 17.6. The van der Waals surface area contributed by atoms with E-state index < -0.39 is 0 Å². The number of aromatic nitrogens is 3. The summed E-state index contributed by atoms with van der Waals surface area (Å²) in [5.74, 6) is -0.0255. The second-order valence-electron chi connectivity index (χ2n) is 7.84. The Kier molecular flexibility index (Phi) is 4.90. The van der Waals surface area contributed by atoms with Crippen molar-refractivity contribution in [2.24, 2.45) is 0 Å². The highest BCUT2D eigenvalue weighted by atomic mass is 16.2. The summed E-state index contributed by atoms with van der Waals surface area (Å²) in [5, 5.41) is 8.19. The molecule has 6 nitrogen and oxygen atoms in total. The molecule has 1 amide bonds. The van der Waals surface area contributed by atoms with Gasteiger partial charge in [-0.05, 0) is 23.6 Å². The molecule has 25 heavy (non-hydrogen) atoms. The van der Waals surface area contributed by atoms with Crippen molar-refractivity contribution >= 4 is 5.91 Å². The molecular formula is C19H27N5O. The minimum atomic E-state index is -0.0255. The summed E-state index contributed by atoms with van der Waals surface area (Å²) < 4.78 is 1.73. The molecule has 0 N–H and O–H groups in total. The van der Waals surface area contributed by atoms with Crippen molar-refractivity contribution in [3.63, 3.8) is 0 Å². The van der Waals surface area contributed by atoms with Gasteiger partial charge in [-0.1, -0.05) is 50.3 Å². The maximum absolute atomic E-state index is 12.5. The van der Waals surface area contributed by atoms with Crippen molar-refractivity contribution in [1.29, 1.82) is 0 Å². The molecule has 2 heterocycles. The van der Waals surface area contributed by atoms with E-state index in [0.717, 1.165) is 31.7 Å². The van der Waals surface area contributed by atoms with Crippen LogP contribution in [0.1, 0.15) is 42.4 Å². The average Bonchev–Trinajstić information content (AvgIpc) is 3.03. The summed E-state index contributed by atoms with van der Waals surface area (Å²) in [6.07, 6.45) is 1.75. The van der Waals surface area contributed by atoms with Crippen LogP contribution in [-0.4, -0.2) is 63.9 Å². The Morgan fingerprint density at radius 2 is 1.72 bits per heavy atom. The largest absolute Gasteiger partial charge is 0.335 e. The summed E-state index contributed by atoms with van der Waals surface area (Å²) >= 11 is 0. The van der Waals surface area contributed by atoms with Gasteiger partial charge < -0.3 is 9.80 Å². The third kappa shape index (κ3) is 4.25. The van der Waals surface area contributed by atoms with Gasteiger partial charge in [0.05, 0.1) is 12.7 Å². The molecule has 1 aromatic carbocycles. The molecule has 1 aliphatic heterocycles. The van der Waals surface area contributed by atoms with Gasteiger partial charge in [0.2, 0.25) is 0 Å². The van der Waals surface area contributed by atoms with Crippen LogP contribution in [0.15, 0.2) is 30.5 Å². The van der Waals surface area contributed by atoms with Crippen LogP contribution in [0.3, 0.4) is 0 Å². The monoisotopic (exact) mass is 341 g/mol. The fraction of sp³-hybridized carbons (Fsp3) is 0.526. The van der Waals surface area contributed by atoms with Gasteiger partial charge in [-0.15, -0.1) is 5.10 Å². The van der Waals surface area contributed by atoms with Crippen LogP contribution < -0.4 is 0 Å². The maximum atomic E-state index is 12.5. The van der Waals surface area contributed by atoms with E-state index in [1.54, 1.807) is 10.9 Å². The number of hydrogen-bond acceptors (Lipinski definition) is 4. The lowest BCUT2D eigenvalue weighted by Gasteiger charge is -2.31. The molecule has 0 aliphatic carbocycles. The molecule has 1 aliphatic rings. The van der Waals surface area contributed by atoms with Gasteiger partial charge in [0.1, 0.15) is 0 Å². The molecule has 0 radical (unpaired) electrons. The number of nitrogens with zero attached hydrogens (tertiary/aromatic N) is 5. The predicted octanol–water partition coefficient (Wildman–Crippen LogP) is 2.01. The topological polar surface area (TPSA) is 54.3 Å². The van der Waals surface area contributed by atoms with Crippen LogP contribution in [0.5, 0.6) is 0 Å². The third-order valence-electron chi connectivity index (χ3n) is 4.71. The molecule has 1 fully saturated rings. The number of rotatable bonds is 3. The quantitative estimate of drug-likeness (QED) is 0.857. The number of benzene rings is 1. The van der Waals surface area contributed by atoms with Crippen LogP contribution in [0.25, 0.3) is 0 Å². The number of piperazine rings is 1. The van der Waals surface area contributed by atoms with Gasteiger partial charge in [0.15, 0.2) is 5.69 Å². The molecule has 0 bridgehead atoms. The van der Waals surface area contributed by atoms with Gasteiger partial charge >= 0.3 is 0 Å². The molecule has 0 spiro atoms. The fourth-order valence-corrected chi connectivity index (χ4v) is 2.94. The van der Waals surface area contributed by atoms with E-state index in [0.29, 0.717) is 12.2 Å². The number of hydrogen-bond donors (Lipinski definition) is 0. The van der Waals surface area contributed by atoms with Crippen LogP contribution >= 0.6 is 0 Å².